The number of hydrogen-bond acceptors (Lipinski definition) is 7. The second-order valence-corrected chi connectivity index (χ2v) is 7.56. The van der Waals surface area contributed by atoms with Crippen LogP contribution in [-0.2, 0) is 24.2 Å². The smallest absolute Gasteiger partial charge is 0.230 e. The molecule has 0 saturated heterocycles. The number of nitrogens with zero attached hydrogens (tertiary/aromatic N) is 3. The van der Waals surface area contributed by atoms with E-state index in [1.807, 2.05) is 36.4 Å². The molecule has 0 unspecified atom stereocenters. The molecule has 0 atom stereocenters. The number of aromatic nitrogens is 2. The topological polar surface area (TPSA) is 109 Å². The zero-order valence-corrected chi connectivity index (χ0v) is 19.1. The van der Waals surface area contributed by atoms with Crippen molar-refractivity contribution in [3.8, 4) is 17.6 Å². The second kappa shape index (κ2) is 11.8. The summed E-state index contributed by atoms with van der Waals surface area (Å²) in [6.45, 7) is 1.45. The van der Waals surface area contributed by atoms with Crippen molar-refractivity contribution in [3.05, 3.63) is 76.3 Å². The maximum absolute atomic E-state index is 12.4. The number of hydrogen-bond donors (Lipinski definition) is 2. The predicted molar refractivity (Wildman–Crippen MR) is 125 cm³/mol. The quantitative estimate of drug-likeness (QED) is 0.441. The molecule has 0 saturated carbocycles. The van der Waals surface area contributed by atoms with E-state index in [0.29, 0.717) is 28.6 Å². The third-order valence-corrected chi connectivity index (χ3v) is 5.22. The van der Waals surface area contributed by atoms with Crippen LogP contribution in [0.15, 0.2) is 48.8 Å². The number of benzene rings is 2. The molecule has 0 aliphatic rings. The fourth-order valence-electron chi connectivity index (χ4n) is 3.12. The molecule has 0 aliphatic heterocycles. The summed E-state index contributed by atoms with van der Waals surface area (Å²) in [5.74, 6) is 1.05. The Balaban J connectivity index is 1.56. The van der Waals surface area contributed by atoms with Crippen molar-refractivity contribution < 1.29 is 14.3 Å². The van der Waals surface area contributed by atoms with Crippen molar-refractivity contribution in [2.45, 2.75) is 19.4 Å². The fourth-order valence-corrected chi connectivity index (χ4v) is 3.37. The van der Waals surface area contributed by atoms with Gasteiger partial charge in [-0.2, -0.15) is 5.26 Å². The summed E-state index contributed by atoms with van der Waals surface area (Å²) in [4.78, 5) is 20.4. The van der Waals surface area contributed by atoms with Crippen molar-refractivity contribution in [1.29, 1.82) is 5.26 Å². The molecule has 0 aliphatic carbocycles. The highest BCUT2D eigenvalue weighted by Gasteiger charge is 2.13. The molecule has 3 aromatic rings. The summed E-state index contributed by atoms with van der Waals surface area (Å²) in [7, 11) is 3.18. The lowest BCUT2D eigenvalue weighted by atomic mass is 10.1. The van der Waals surface area contributed by atoms with Gasteiger partial charge in [0, 0.05) is 11.6 Å². The van der Waals surface area contributed by atoms with Gasteiger partial charge in [-0.3, -0.25) is 9.78 Å². The number of methoxy groups -OCH3 is 2. The van der Waals surface area contributed by atoms with E-state index in [2.05, 4.69) is 20.6 Å². The van der Waals surface area contributed by atoms with Crippen LogP contribution in [0.4, 0.5) is 5.69 Å². The van der Waals surface area contributed by atoms with Crippen molar-refractivity contribution in [2.24, 2.45) is 0 Å². The summed E-state index contributed by atoms with van der Waals surface area (Å²) >= 11 is 6.46. The monoisotopic (exact) mass is 465 g/mol. The fraction of sp³-hybridized carbons (Fsp3) is 0.250. The molecule has 2 N–H and O–H groups in total. The van der Waals surface area contributed by atoms with Gasteiger partial charge in [-0.05, 0) is 48.4 Å². The summed E-state index contributed by atoms with van der Waals surface area (Å²) in [6, 6.07) is 13.3. The third-order valence-electron chi connectivity index (χ3n) is 4.86. The average Bonchev–Trinajstić information content (AvgIpc) is 2.83. The van der Waals surface area contributed by atoms with E-state index in [4.69, 9.17) is 26.3 Å². The standard InChI is InChI=1S/C24H24ClN5O3/c1-32-20-5-3-16(4-6-20)13-27-8-7-17-9-23(33-2)22(11-21(17)25)30-24(31)10-18-14-29-19(12-26)15-28-18/h3-6,9,11,14-15,27H,7-8,10,13H2,1-2H3,(H,30,31). The van der Waals surface area contributed by atoms with Crippen LogP contribution in [0.1, 0.15) is 22.5 Å². The summed E-state index contributed by atoms with van der Waals surface area (Å²) in [5.41, 5.74) is 3.19. The minimum Gasteiger partial charge on any atom is -0.497 e. The maximum Gasteiger partial charge on any atom is 0.230 e. The Bertz CT molecular complexity index is 1130. The first-order chi connectivity index (χ1) is 16.0. The van der Waals surface area contributed by atoms with Gasteiger partial charge in [0.1, 0.15) is 17.6 Å². The van der Waals surface area contributed by atoms with Crippen LogP contribution in [0, 0.1) is 11.3 Å². The zero-order valence-electron chi connectivity index (χ0n) is 18.4. The molecule has 1 heterocycles. The molecule has 0 radical (unpaired) electrons. The lowest BCUT2D eigenvalue weighted by Gasteiger charge is -2.14. The minimum atomic E-state index is -0.294. The number of anilines is 1. The SMILES string of the molecule is COc1ccc(CNCCc2cc(OC)c(NC(=O)Cc3cnc(C#N)cn3)cc2Cl)cc1. The average molecular weight is 466 g/mol. The highest BCUT2D eigenvalue weighted by atomic mass is 35.5. The molecular weight excluding hydrogens is 442 g/mol. The number of ether oxygens (including phenoxy) is 2. The molecule has 3 rings (SSSR count). The van der Waals surface area contributed by atoms with Crippen LogP contribution >= 0.6 is 11.6 Å². The largest absolute Gasteiger partial charge is 0.497 e. The Labute approximate surface area is 197 Å². The number of halogens is 1. The highest BCUT2D eigenvalue weighted by Crippen LogP contribution is 2.31. The maximum atomic E-state index is 12.4. The number of carbonyl (C=O) groups is 1. The van der Waals surface area contributed by atoms with Gasteiger partial charge in [0.05, 0.1) is 44.4 Å². The summed E-state index contributed by atoms with van der Waals surface area (Å²) in [5, 5.41) is 15.5. The van der Waals surface area contributed by atoms with Gasteiger partial charge in [0.15, 0.2) is 5.69 Å². The lowest BCUT2D eigenvalue weighted by Crippen LogP contribution is -2.18. The normalized spacial score (nSPS) is 10.4. The number of carbonyl (C=O) groups excluding carboxylic acids is 1. The van der Waals surface area contributed by atoms with Crippen LogP contribution < -0.4 is 20.1 Å². The van der Waals surface area contributed by atoms with Crippen LogP contribution in [0.2, 0.25) is 5.02 Å². The Morgan fingerprint density at radius 1 is 1.12 bits per heavy atom. The van der Waals surface area contributed by atoms with Gasteiger partial charge >= 0.3 is 0 Å². The van der Waals surface area contributed by atoms with Crippen molar-refractivity contribution in [1.82, 2.24) is 15.3 Å². The first-order valence-corrected chi connectivity index (χ1v) is 10.6. The van der Waals surface area contributed by atoms with Gasteiger partial charge in [0.25, 0.3) is 0 Å². The number of nitriles is 1. The Hall–Kier alpha value is -3.67. The number of nitrogens with one attached hydrogen (secondary N) is 2. The molecule has 2 aromatic carbocycles. The van der Waals surface area contributed by atoms with Crippen molar-refractivity contribution in [2.75, 3.05) is 26.1 Å². The Morgan fingerprint density at radius 3 is 2.55 bits per heavy atom. The van der Waals surface area contributed by atoms with Crippen LogP contribution in [0.5, 0.6) is 11.5 Å². The van der Waals surface area contributed by atoms with Gasteiger partial charge in [-0.25, -0.2) is 4.98 Å². The van der Waals surface area contributed by atoms with Gasteiger partial charge in [-0.15, -0.1) is 0 Å². The molecule has 0 fully saturated rings. The van der Waals surface area contributed by atoms with Crippen LogP contribution in [0.3, 0.4) is 0 Å². The molecular formula is C24H24ClN5O3. The molecule has 1 amide bonds. The molecule has 9 heteroatoms. The van der Waals surface area contributed by atoms with E-state index in [1.54, 1.807) is 13.2 Å². The highest BCUT2D eigenvalue weighted by molar-refractivity contribution is 6.31. The number of amides is 1. The van der Waals surface area contributed by atoms with E-state index in [9.17, 15) is 4.79 Å². The van der Waals surface area contributed by atoms with E-state index < -0.39 is 0 Å². The first kappa shape index (κ1) is 24.0. The van der Waals surface area contributed by atoms with E-state index >= 15 is 0 Å². The molecule has 1 aromatic heterocycles. The van der Waals surface area contributed by atoms with Gasteiger partial charge in [-0.1, -0.05) is 23.7 Å². The lowest BCUT2D eigenvalue weighted by molar-refractivity contribution is -0.115. The minimum absolute atomic E-state index is 0.0104. The Morgan fingerprint density at radius 2 is 1.91 bits per heavy atom. The van der Waals surface area contributed by atoms with Crippen molar-refractivity contribution in [3.63, 3.8) is 0 Å². The summed E-state index contributed by atoms with van der Waals surface area (Å²) in [6.07, 6.45) is 3.44. The van der Waals surface area contributed by atoms with E-state index in [0.717, 1.165) is 30.0 Å². The van der Waals surface area contributed by atoms with Crippen LogP contribution in [0.25, 0.3) is 0 Å². The molecule has 170 valence electrons. The van der Waals surface area contributed by atoms with E-state index in [-0.39, 0.29) is 18.0 Å². The second-order valence-electron chi connectivity index (χ2n) is 7.15. The molecule has 8 nitrogen and oxygen atoms in total. The zero-order chi connectivity index (χ0) is 23.6. The van der Waals surface area contributed by atoms with Crippen LogP contribution in [-0.4, -0.2) is 36.6 Å². The third kappa shape index (κ3) is 6.91. The molecule has 0 bridgehead atoms. The Kier molecular flexibility index (Phi) is 8.58. The predicted octanol–water partition coefficient (Wildman–Crippen LogP) is 3.53. The van der Waals surface area contributed by atoms with Gasteiger partial charge < -0.3 is 20.1 Å². The van der Waals surface area contributed by atoms with Crippen molar-refractivity contribution >= 4 is 23.2 Å². The van der Waals surface area contributed by atoms with Gasteiger partial charge in [0.2, 0.25) is 5.91 Å². The number of rotatable bonds is 10. The first-order valence-electron chi connectivity index (χ1n) is 10.2. The molecule has 0 spiro atoms. The van der Waals surface area contributed by atoms with E-state index in [1.165, 1.54) is 19.5 Å². The molecule has 33 heavy (non-hydrogen) atoms. The summed E-state index contributed by atoms with van der Waals surface area (Å²) < 4.78 is 10.6.